The molecule has 2 saturated heterocycles. The van der Waals surface area contributed by atoms with Gasteiger partial charge in [0.05, 0.1) is 12.0 Å². The maximum absolute atomic E-state index is 13.4. The van der Waals surface area contributed by atoms with Crippen LogP contribution in [0.5, 0.6) is 0 Å². The highest BCUT2D eigenvalue weighted by atomic mass is 16.2. The predicted octanol–water partition coefficient (Wildman–Crippen LogP) is 3.67. The van der Waals surface area contributed by atoms with Gasteiger partial charge in [-0.2, -0.15) is 0 Å². The first-order chi connectivity index (χ1) is 13.1. The van der Waals surface area contributed by atoms with Gasteiger partial charge < -0.3 is 9.80 Å². The van der Waals surface area contributed by atoms with E-state index in [1.807, 2.05) is 6.07 Å². The van der Waals surface area contributed by atoms with Crippen LogP contribution in [0.2, 0.25) is 0 Å². The second kappa shape index (κ2) is 7.67. The van der Waals surface area contributed by atoms with Crippen molar-refractivity contribution in [2.75, 3.05) is 24.5 Å². The Hall–Kier alpha value is -2.43. The van der Waals surface area contributed by atoms with E-state index in [4.69, 9.17) is 0 Å². The van der Waals surface area contributed by atoms with Crippen LogP contribution < -0.4 is 4.90 Å². The molecule has 5 nitrogen and oxygen atoms in total. The average molecular weight is 364 g/mol. The van der Waals surface area contributed by atoms with Gasteiger partial charge in [-0.15, -0.1) is 0 Å². The lowest BCUT2D eigenvalue weighted by Crippen LogP contribution is -2.45. The molecule has 0 saturated carbocycles. The van der Waals surface area contributed by atoms with Crippen LogP contribution in [-0.4, -0.2) is 40.4 Å². The number of hydrogen-bond donors (Lipinski definition) is 0. The Morgan fingerprint density at radius 1 is 1.04 bits per heavy atom. The fourth-order valence-electron chi connectivity index (χ4n) is 4.40. The third-order valence-corrected chi connectivity index (χ3v) is 6.06. The summed E-state index contributed by atoms with van der Waals surface area (Å²) in [5.74, 6) is 1.08. The van der Waals surface area contributed by atoms with Gasteiger partial charge in [0.2, 0.25) is 11.9 Å². The SMILES string of the molecule is Cc1ccc([C@H]2CCCN2C(=O)[C@H]2CCCN(c3ncccn3)C2)cc1C. The van der Waals surface area contributed by atoms with Crippen LogP contribution in [0, 0.1) is 19.8 Å². The van der Waals surface area contributed by atoms with Crippen LogP contribution in [0.1, 0.15) is 48.4 Å². The van der Waals surface area contributed by atoms with E-state index in [0.717, 1.165) is 51.3 Å². The summed E-state index contributed by atoms with van der Waals surface area (Å²) in [4.78, 5) is 26.4. The smallest absolute Gasteiger partial charge is 0.227 e. The number of piperidine rings is 1. The van der Waals surface area contributed by atoms with Crippen LogP contribution in [0.15, 0.2) is 36.7 Å². The average Bonchev–Trinajstić information content (AvgIpc) is 3.20. The number of hydrogen-bond acceptors (Lipinski definition) is 4. The lowest BCUT2D eigenvalue weighted by Gasteiger charge is -2.35. The van der Waals surface area contributed by atoms with Gasteiger partial charge in [0.1, 0.15) is 0 Å². The largest absolute Gasteiger partial charge is 0.340 e. The molecule has 3 heterocycles. The highest BCUT2D eigenvalue weighted by Crippen LogP contribution is 2.35. The molecule has 1 aromatic carbocycles. The molecule has 0 bridgehead atoms. The Morgan fingerprint density at radius 2 is 1.81 bits per heavy atom. The van der Waals surface area contributed by atoms with E-state index < -0.39 is 0 Å². The van der Waals surface area contributed by atoms with Crippen molar-refractivity contribution in [3.63, 3.8) is 0 Å². The van der Waals surface area contributed by atoms with Crippen molar-refractivity contribution in [3.8, 4) is 0 Å². The van der Waals surface area contributed by atoms with Gasteiger partial charge in [-0.05, 0) is 62.3 Å². The molecule has 27 heavy (non-hydrogen) atoms. The molecular weight excluding hydrogens is 336 g/mol. The van der Waals surface area contributed by atoms with Gasteiger partial charge in [0, 0.05) is 32.0 Å². The van der Waals surface area contributed by atoms with Gasteiger partial charge in [-0.1, -0.05) is 18.2 Å². The molecule has 0 unspecified atom stereocenters. The lowest BCUT2D eigenvalue weighted by atomic mass is 9.95. The second-order valence-corrected chi connectivity index (χ2v) is 7.87. The first-order valence-corrected chi connectivity index (χ1v) is 10.0. The van der Waals surface area contributed by atoms with Crippen molar-refractivity contribution < 1.29 is 4.79 Å². The Balaban J connectivity index is 1.50. The van der Waals surface area contributed by atoms with Crippen LogP contribution in [0.4, 0.5) is 5.95 Å². The van der Waals surface area contributed by atoms with E-state index in [2.05, 4.69) is 51.8 Å². The summed E-state index contributed by atoms with van der Waals surface area (Å²) in [5, 5.41) is 0. The molecule has 0 aliphatic carbocycles. The topological polar surface area (TPSA) is 49.3 Å². The number of carbonyl (C=O) groups is 1. The summed E-state index contributed by atoms with van der Waals surface area (Å²) in [5.41, 5.74) is 3.89. The van der Waals surface area contributed by atoms with Gasteiger partial charge in [-0.3, -0.25) is 4.79 Å². The first kappa shape index (κ1) is 18.0. The zero-order valence-corrected chi connectivity index (χ0v) is 16.3. The van der Waals surface area contributed by atoms with Crippen LogP contribution in [-0.2, 0) is 4.79 Å². The van der Waals surface area contributed by atoms with E-state index in [1.165, 1.54) is 16.7 Å². The summed E-state index contributed by atoms with van der Waals surface area (Å²) < 4.78 is 0. The normalized spacial score (nSPS) is 22.9. The quantitative estimate of drug-likeness (QED) is 0.834. The molecule has 5 heteroatoms. The molecule has 4 rings (SSSR count). The third-order valence-electron chi connectivity index (χ3n) is 6.06. The Bertz CT molecular complexity index is 807. The maximum Gasteiger partial charge on any atom is 0.227 e. The lowest BCUT2D eigenvalue weighted by molar-refractivity contribution is -0.136. The number of aryl methyl sites for hydroxylation is 2. The van der Waals surface area contributed by atoms with Gasteiger partial charge in [-0.25, -0.2) is 9.97 Å². The summed E-state index contributed by atoms with van der Waals surface area (Å²) in [7, 11) is 0. The molecule has 142 valence electrons. The second-order valence-electron chi connectivity index (χ2n) is 7.87. The molecule has 0 spiro atoms. The van der Waals surface area contributed by atoms with E-state index in [-0.39, 0.29) is 12.0 Å². The molecule has 2 aliphatic heterocycles. The number of rotatable bonds is 3. The minimum absolute atomic E-state index is 0.0368. The number of carbonyl (C=O) groups excluding carboxylic acids is 1. The molecule has 2 aliphatic rings. The summed E-state index contributed by atoms with van der Waals surface area (Å²) in [6, 6.07) is 8.69. The summed E-state index contributed by atoms with van der Waals surface area (Å²) in [6.45, 7) is 6.81. The molecule has 2 aromatic rings. The number of anilines is 1. The van der Waals surface area contributed by atoms with Crippen molar-refractivity contribution in [2.45, 2.75) is 45.6 Å². The number of nitrogens with zero attached hydrogens (tertiary/aromatic N) is 4. The monoisotopic (exact) mass is 364 g/mol. The molecule has 2 atom stereocenters. The number of aromatic nitrogens is 2. The van der Waals surface area contributed by atoms with E-state index >= 15 is 0 Å². The Labute approximate surface area is 161 Å². The highest BCUT2D eigenvalue weighted by molar-refractivity contribution is 5.80. The Morgan fingerprint density at radius 3 is 2.59 bits per heavy atom. The number of amides is 1. The number of benzene rings is 1. The minimum atomic E-state index is 0.0368. The Kier molecular flexibility index (Phi) is 5.10. The van der Waals surface area contributed by atoms with Crippen molar-refractivity contribution in [3.05, 3.63) is 53.3 Å². The van der Waals surface area contributed by atoms with Crippen LogP contribution in [0.25, 0.3) is 0 Å². The molecule has 1 amide bonds. The van der Waals surface area contributed by atoms with Gasteiger partial charge in [0.25, 0.3) is 0 Å². The van der Waals surface area contributed by atoms with E-state index in [1.54, 1.807) is 12.4 Å². The van der Waals surface area contributed by atoms with Crippen molar-refractivity contribution >= 4 is 11.9 Å². The van der Waals surface area contributed by atoms with E-state index in [0.29, 0.717) is 5.91 Å². The van der Waals surface area contributed by atoms with Crippen molar-refractivity contribution in [2.24, 2.45) is 5.92 Å². The highest BCUT2D eigenvalue weighted by Gasteiger charge is 2.36. The first-order valence-electron chi connectivity index (χ1n) is 10.0. The molecule has 0 N–H and O–H groups in total. The zero-order valence-electron chi connectivity index (χ0n) is 16.3. The van der Waals surface area contributed by atoms with Crippen molar-refractivity contribution in [1.29, 1.82) is 0 Å². The standard InChI is InChI=1S/C22H28N4O/c1-16-8-9-18(14-17(16)2)20-7-4-13-26(20)21(27)19-6-3-12-25(15-19)22-23-10-5-11-24-22/h5,8-11,14,19-20H,3-4,6-7,12-13,15H2,1-2H3/t19-,20+/m0/s1. The maximum atomic E-state index is 13.4. The summed E-state index contributed by atoms with van der Waals surface area (Å²) in [6.07, 6.45) is 7.65. The molecule has 0 radical (unpaired) electrons. The third kappa shape index (κ3) is 3.68. The van der Waals surface area contributed by atoms with Crippen LogP contribution >= 0.6 is 0 Å². The van der Waals surface area contributed by atoms with Crippen LogP contribution in [0.3, 0.4) is 0 Å². The molecule has 2 fully saturated rings. The van der Waals surface area contributed by atoms with Gasteiger partial charge >= 0.3 is 0 Å². The van der Waals surface area contributed by atoms with Gasteiger partial charge in [0.15, 0.2) is 0 Å². The molecular formula is C22H28N4O. The molecule has 1 aromatic heterocycles. The minimum Gasteiger partial charge on any atom is -0.340 e. The fraction of sp³-hybridized carbons (Fsp3) is 0.500. The fourth-order valence-corrected chi connectivity index (χ4v) is 4.40. The van der Waals surface area contributed by atoms with Crippen molar-refractivity contribution in [1.82, 2.24) is 14.9 Å². The predicted molar refractivity (Wildman–Crippen MR) is 107 cm³/mol. The summed E-state index contributed by atoms with van der Waals surface area (Å²) >= 11 is 0. The zero-order chi connectivity index (χ0) is 18.8. The van der Waals surface area contributed by atoms with E-state index in [9.17, 15) is 4.79 Å². The number of likely N-dealkylation sites (tertiary alicyclic amines) is 1.